The summed E-state index contributed by atoms with van der Waals surface area (Å²) in [5.41, 5.74) is 2.19. The molecule has 0 radical (unpaired) electrons. The van der Waals surface area contributed by atoms with Crippen LogP contribution in [-0.4, -0.2) is 16.2 Å². The molecule has 1 heterocycles. The number of carboxylic acid groups (broad SMARTS) is 1. The summed E-state index contributed by atoms with van der Waals surface area (Å²) in [5.74, 6) is 4.80. The summed E-state index contributed by atoms with van der Waals surface area (Å²) in [6.07, 6.45) is 1.95. The summed E-state index contributed by atoms with van der Waals surface area (Å²) >= 11 is 19.1. The molecule has 0 aliphatic heterocycles. The van der Waals surface area contributed by atoms with Gasteiger partial charge in [0, 0.05) is 29.2 Å². The van der Waals surface area contributed by atoms with E-state index in [0.717, 1.165) is 12.8 Å². The van der Waals surface area contributed by atoms with E-state index in [2.05, 4.69) is 17.0 Å². The Balaban J connectivity index is 1.41. The highest BCUT2D eigenvalue weighted by molar-refractivity contribution is 6.39. The van der Waals surface area contributed by atoms with Crippen molar-refractivity contribution in [2.24, 2.45) is 0 Å². The van der Waals surface area contributed by atoms with Crippen molar-refractivity contribution in [2.75, 3.05) is 0 Å². The van der Waals surface area contributed by atoms with Crippen LogP contribution in [0.3, 0.4) is 0 Å². The van der Waals surface area contributed by atoms with Crippen LogP contribution >= 0.6 is 34.8 Å². The first kappa shape index (κ1) is 25.2. The molecule has 4 aromatic rings. The number of aromatic nitrogens is 1. The van der Waals surface area contributed by atoms with E-state index in [9.17, 15) is 9.18 Å². The monoisotopic (exact) mass is 555 g/mol. The number of carbonyl (C=O) groups is 1. The molecule has 0 unspecified atom stereocenters. The summed E-state index contributed by atoms with van der Waals surface area (Å²) in [6, 6.07) is 13.9. The second-order valence-corrected chi connectivity index (χ2v) is 9.65. The maximum absolute atomic E-state index is 14.9. The Labute approximate surface area is 226 Å². The minimum atomic E-state index is -1.08. The van der Waals surface area contributed by atoms with Crippen LogP contribution in [0.25, 0.3) is 11.3 Å². The van der Waals surface area contributed by atoms with Crippen LogP contribution in [0.2, 0.25) is 15.1 Å². The third-order valence-corrected chi connectivity index (χ3v) is 6.73. The van der Waals surface area contributed by atoms with Gasteiger partial charge >= 0.3 is 5.97 Å². The number of aromatic carboxylic acids is 1. The fourth-order valence-electron chi connectivity index (χ4n) is 3.82. The van der Waals surface area contributed by atoms with Crippen molar-refractivity contribution in [2.45, 2.75) is 25.4 Å². The number of halogens is 4. The second kappa shape index (κ2) is 10.5. The van der Waals surface area contributed by atoms with Crippen LogP contribution in [-0.2, 0) is 6.61 Å². The molecule has 1 N–H and O–H groups in total. The smallest absolute Gasteiger partial charge is 0.335 e. The van der Waals surface area contributed by atoms with E-state index in [0.29, 0.717) is 38.2 Å². The van der Waals surface area contributed by atoms with Crippen molar-refractivity contribution >= 4 is 40.8 Å². The number of hydrogen-bond donors (Lipinski definition) is 1. The van der Waals surface area contributed by atoms with Gasteiger partial charge in [0.1, 0.15) is 29.6 Å². The molecule has 1 aliphatic rings. The van der Waals surface area contributed by atoms with Crippen LogP contribution in [0.15, 0.2) is 59.1 Å². The van der Waals surface area contributed by atoms with Gasteiger partial charge in [0.05, 0.1) is 31.8 Å². The topological polar surface area (TPSA) is 72.6 Å². The van der Waals surface area contributed by atoms with Crippen molar-refractivity contribution in [3.8, 4) is 28.8 Å². The lowest BCUT2D eigenvalue weighted by atomic mass is 10.0. The third-order valence-electron chi connectivity index (χ3n) is 5.81. The lowest BCUT2D eigenvalue weighted by Gasteiger charge is -2.10. The lowest BCUT2D eigenvalue weighted by Crippen LogP contribution is -2.01. The zero-order chi connectivity index (χ0) is 26.1. The van der Waals surface area contributed by atoms with Crippen molar-refractivity contribution in [3.05, 3.63) is 103 Å². The molecule has 5 rings (SSSR count). The van der Waals surface area contributed by atoms with E-state index in [1.165, 1.54) is 24.3 Å². The molecule has 0 atom stereocenters. The maximum Gasteiger partial charge on any atom is 0.335 e. The molecule has 5 nitrogen and oxygen atoms in total. The zero-order valence-electron chi connectivity index (χ0n) is 19.0. The molecule has 37 heavy (non-hydrogen) atoms. The Morgan fingerprint density at radius 2 is 1.78 bits per heavy atom. The Hall–Kier alpha value is -3.50. The van der Waals surface area contributed by atoms with Crippen LogP contribution in [0.1, 0.15) is 51.6 Å². The second-order valence-electron chi connectivity index (χ2n) is 8.43. The fraction of sp³-hybridized carbons (Fsp3) is 0.143. The van der Waals surface area contributed by atoms with E-state index >= 15 is 0 Å². The Morgan fingerprint density at radius 1 is 1.05 bits per heavy atom. The van der Waals surface area contributed by atoms with Gasteiger partial charge < -0.3 is 14.4 Å². The molecule has 3 aromatic carbocycles. The average Bonchev–Trinajstić information content (AvgIpc) is 3.62. The van der Waals surface area contributed by atoms with E-state index in [4.69, 9.17) is 49.2 Å². The standard InChI is InChI=1S/C28H17Cl3FNO4/c29-21-5-2-6-22(30)25(21)26-20(27(37-33-26)16-8-9-16)14-36-18-12-23(31)19(24(32)13-18)10-7-15-3-1-4-17(11-15)28(34)35/h1-6,11-13,16H,8-9,14H2,(H,34,35). The van der Waals surface area contributed by atoms with E-state index in [1.807, 2.05) is 0 Å². The number of rotatable bonds is 6. The quantitative estimate of drug-likeness (QED) is 0.244. The summed E-state index contributed by atoms with van der Waals surface area (Å²) in [7, 11) is 0. The molecule has 1 aromatic heterocycles. The normalized spacial score (nSPS) is 12.6. The van der Waals surface area contributed by atoms with Gasteiger partial charge in [-0.15, -0.1) is 0 Å². The Bertz CT molecular complexity index is 1540. The predicted octanol–water partition coefficient (Wildman–Crippen LogP) is 8.00. The van der Waals surface area contributed by atoms with E-state index < -0.39 is 11.8 Å². The summed E-state index contributed by atoms with van der Waals surface area (Å²) in [6.45, 7) is 0.0367. The van der Waals surface area contributed by atoms with Gasteiger partial charge in [-0.2, -0.15) is 0 Å². The molecule has 9 heteroatoms. The SMILES string of the molecule is O=C(O)c1cccc(C#Cc2c(F)cc(OCc3c(-c4c(Cl)cccc4Cl)noc3C3CC3)cc2Cl)c1. The fourth-order valence-corrected chi connectivity index (χ4v) is 4.64. The molecule has 0 saturated heterocycles. The number of hydrogen-bond acceptors (Lipinski definition) is 4. The van der Waals surface area contributed by atoms with Crippen molar-refractivity contribution in [1.82, 2.24) is 5.16 Å². The largest absolute Gasteiger partial charge is 0.489 e. The molecule has 1 aliphatic carbocycles. The number of carboxylic acids is 1. The minimum Gasteiger partial charge on any atom is -0.489 e. The maximum atomic E-state index is 14.9. The van der Waals surface area contributed by atoms with Crippen molar-refractivity contribution in [1.29, 1.82) is 0 Å². The van der Waals surface area contributed by atoms with Gasteiger partial charge in [0.15, 0.2) is 0 Å². The van der Waals surface area contributed by atoms with Gasteiger partial charge in [0.25, 0.3) is 0 Å². The zero-order valence-corrected chi connectivity index (χ0v) is 21.3. The van der Waals surface area contributed by atoms with E-state index in [1.54, 1.807) is 30.3 Å². The predicted molar refractivity (Wildman–Crippen MR) is 139 cm³/mol. The highest BCUT2D eigenvalue weighted by Crippen LogP contribution is 2.46. The van der Waals surface area contributed by atoms with Crippen LogP contribution in [0.5, 0.6) is 5.75 Å². The molecule has 0 bridgehead atoms. The lowest BCUT2D eigenvalue weighted by molar-refractivity contribution is 0.0697. The van der Waals surface area contributed by atoms with Crippen LogP contribution < -0.4 is 4.74 Å². The first-order chi connectivity index (χ1) is 17.8. The van der Waals surface area contributed by atoms with E-state index in [-0.39, 0.29) is 34.4 Å². The average molecular weight is 557 g/mol. The Kier molecular flexibility index (Phi) is 7.12. The van der Waals surface area contributed by atoms with Gasteiger partial charge in [-0.05, 0) is 43.2 Å². The Morgan fingerprint density at radius 3 is 2.46 bits per heavy atom. The van der Waals surface area contributed by atoms with Gasteiger partial charge in [-0.1, -0.05) is 63.9 Å². The van der Waals surface area contributed by atoms with Crippen molar-refractivity contribution in [3.63, 3.8) is 0 Å². The highest BCUT2D eigenvalue weighted by atomic mass is 35.5. The highest BCUT2D eigenvalue weighted by Gasteiger charge is 2.33. The summed E-state index contributed by atoms with van der Waals surface area (Å²) < 4.78 is 26.5. The molecule has 1 fully saturated rings. The van der Waals surface area contributed by atoms with Crippen LogP contribution in [0.4, 0.5) is 4.39 Å². The number of ether oxygens (including phenoxy) is 1. The van der Waals surface area contributed by atoms with Gasteiger partial charge in [-0.3, -0.25) is 0 Å². The summed E-state index contributed by atoms with van der Waals surface area (Å²) in [4.78, 5) is 11.2. The number of nitrogens with zero attached hydrogens (tertiary/aromatic N) is 1. The van der Waals surface area contributed by atoms with Gasteiger partial charge in [-0.25, -0.2) is 9.18 Å². The van der Waals surface area contributed by atoms with Crippen molar-refractivity contribution < 1.29 is 23.6 Å². The number of benzene rings is 3. The summed E-state index contributed by atoms with van der Waals surface area (Å²) in [5, 5.41) is 14.3. The first-order valence-corrected chi connectivity index (χ1v) is 12.3. The first-order valence-electron chi connectivity index (χ1n) is 11.2. The molecule has 0 spiro atoms. The molecule has 186 valence electrons. The third kappa shape index (κ3) is 5.45. The van der Waals surface area contributed by atoms with Crippen LogP contribution in [0, 0.1) is 17.7 Å². The molecule has 1 saturated carbocycles. The van der Waals surface area contributed by atoms with Gasteiger partial charge in [0.2, 0.25) is 0 Å². The molecular formula is C28H17Cl3FNO4. The molecule has 0 amide bonds. The minimum absolute atomic E-state index is 0.0260. The molecular weight excluding hydrogens is 540 g/mol.